The monoisotopic (exact) mass is 584 g/mol. The molecule has 0 aliphatic carbocycles. The van der Waals surface area contributed by atoms with Crippen LogP contribution in [0, 0.1) is 0 Å². The lowest BCUT2D eigenvalue weighted by molar-refractivity contribution is -0.132. The molecular weight excluding hydrogens is 548 g/mol. The van der Waals surface area contributed by atoms with Gasteiger partial charge in [0.05, 0.1) is 5.56 Å². The lowest BCUT2D eigenvalue weighted by atomic mass is 10.2. The van der Waals surface area contributed by atoms with E-state index in [0.29, 0.717) is 0 Å². The summed E-state index contributed by atoms with van der Waals surface area (Å²) in [6, 6.07) is 1.69. The molecule has 7 N–H and O–H groups in total. The molecule has 0 saturated heterocycles. The molecule has 0 atom stereocenters. The van der Waals surface area contributed by atoms with Gasteiger partial charge in [-0.05, 0) is 32.9 Å². The Labute approximate surface area is 244 Å². The van der Waals surface area contributed by atoms with Gasteiger partial charge in [-0.3, -0.25) is 0 Å². The summed E-state index contributed by atoms with van der Waals surface area (Å²) in [6.07, 6.45) is 29.0. The Bertz CT molecular complexity index is 1120. The predicted octanol–water partition coefficient (Wildman–Crippen LogP) is 5.78. The highest BCUT2D eigenvalue weighted by Gasteiger charge is 2.11. The van der Waals surface area contributed by atoms with Gasteiger partial charge < -0.3 is 35.7 Å². The molecule has 0 aliphatic heterocycles. The highest BCUT2D eigenvalue weighted by atomic mass is 16.4. The summed E-state index contributed by atoms with van der Waals surface area (Å²) < 4.78 is 0. The Morgan fingerprint density at radius 1 is 0.476 bits per heavy atom. The van der Waals surface area contributed by atoms with Crippen molar-refractivity contribution < 1.29 is 54.9 Å². The van der Waals surface area contributed by atoms with Crippen molar-refractivity contribution in [2.24, 2.45) is 0 Å². The number of hydrogen-bond donors (Lipinski definition) is 7. The first-order valence-corrected chi connectivity index (χ1v) is 11.9. The maximum Gasteiger partial charge on any atom is 0.335 e. The highest BCUT2D eigenvalue weighted by Crippen LogP contribution is 2.35. The van der Waals surface area contributed by atoms with E-state index in [4.69, 9.17) is 35.7 Å². The summed E-state index contributed by atoms with van der Waals surface area (Å²) >= 11 is 0. The number of phenols is 3. The minimum absolute atomic E-state index is 0.289. The maximum atomic E-state index is 10.3. The van der Waals surface area contributed by atoms with Gasteiger partial charge in [0.25, 0.3) is 0 Å². The van der Waals surface area contributed by atoms with Crippen molar-refractivity contribution in [2.75, 3.05) is 0 Å². The van der Waals surface area contributed by atoms with Crippen molar-refractivity contribution >= 4 is 23.9 Å². The van der Waals surface area contributed by atoms with E-state index in [1.165, 1.54) is 18.2 Å². The zero-order valence-corrected chi connectivity index (χ0v) is 23.3. The van der Waals surface area contributed by atoms with Crippen LogP contribution in [0.25, 0.3) is 0 Å². The van der Waals surface area contributed by atoms with Crippen LogP contribution in [-0.2, 0) is 14.4 Å². The normalized spacial score (nSPS) is 11.4. The molecule has 0 saturated carbocycles. The van der Waals surface area contributed by atoms with Crippen LogP contribution in [0.5, 0.6) is 17.2 Å². The third-order valence-electron chi connectivity index (χ3n) is 3.61. The van der Waals surface area contributed by atoms with Crippen molar-refractivity contribution in [3.8, 4) is 17.2 Å². The van der Waals surface area contributed by atoms with Gasteiger partial charge in [-0.1, -0.05) is 91.1 Å². The predicted molar refractivity (Wildman–Crippen MR) is 161 cm³/mol. The fourth-order valence-corrected chi connectivity index (χ4v) is 1.86. The van der Waals surface area contributed by atoms with E-state index < -0.39 is 41.1 Å². The molecular formula is C31H36O11. The molecule has 11 nitrogen and oxygen atoms in total. The van der Waals surface area contributed by atoms with Crippen LogP contribution < -0.4 is 0 Å². The molecule has 11 heteroatoms. The fourth-order valence-electron chi connectivity index (χ4n) is 1.86. The number of hydrogen-bond acceptors (Lipinski definition) is 7. The van der Waals surface area contributed by atoms with Gasteiger partial charge in [0.2, 0.25) is 0 Å². The third-order valence-corrected chi connectivity index (χ3v) is 3.61. The number of carboxylic acid groups (broad SMARTS) is 4. The second kappa shape index (κ2) is 28.2. The number of benzene rings is 1. The largest absolute Gasteiger partial charge is 0.504 e. The van der Waals surface area contributed by atoms with Crippen LogP contribution in [0.1, 0.15) is 31.1 Å². The van der Waals surface area contributed by atoms with Gasteiger partial charge in [-0.15, -0.1) is 0 Å². The van der Waals surface area contributed by atoms with Gasteiger partial charge >= 0.3 is 23.9 Å². The molecule has 0 aliphatic rings. The summed E-state index contributed by atoms with van der Waals surface area (Å²) in [5.41, 5.74) is -0.289. The Kier molecular flexibility index (Phi) is 27.3. The van der Waals surface area contributed by atoms with Crippen molar-refractivity contribution in [3.05, 3.63) is 127 Å². The summed E-state index contributed by atoms with van der Waals surface area (Å²) in [6.45, 7) is 5.68. The molecule has 1 aromatic carbocycles. The second-order valence-corrected chi connectivity index (χ2v) is 6.99. The van der Waals surface area contributed by atoms with Crippen molar-refractivity contribution in [3.63, 3.8) is 0 Å². The van der Waals surface area contributed by atoms with Crippen LogP contribution in [0.4, 0.5) is 0 Å². The van der Waals surface area contributed by atoms with E-state index in [-0.39, 0.29) is 5.56 Å². The van der Waals surface area contributed by atoms with E-state index in [1.54, 1.807) is 36.5 Å². The summed E-state index contributed by atoms with van der Waals surface area (Å²) in [4.78, 5) is 40.0. The summed E-state index contributed by atoms with van der Waals surface area (Å²) in [5.74, 6) is -6.11. The lowest BCUT2D eigenvalue weighted by Gasteiger charge is -2.01. The minimum atomic E-state index is -1.29. The smallest absolute Gasteiger partial charge is 0.335 e. The standard InChI is InChI=1S/3C8H10O2.C7H6O5/c3*1-2-3-4-5-6-7-8(9)10;8-4-1-3(7(11)12)2-5(9)6(4)10/h3*2-7H,1H3,(H,9,10);1-2,8-10H,(H,11,12). The first-order chi connectivity index (χ1) is 19.8. The number of allylic oxidation sites excluding steroid dienone is 15. The SMILES string of the molecule is CC=CC=CC=CC(=O)O.CC=CC=CC=CC(=O)O.CC=CC=CC=CC(=O)O.O=C(O)c1cc(O)c(O)c(O)c1. The first-order valence-electron chi connectivity index (χ1n) is 11.9. The van der Waals surface area contributed by atoms with Crippen molar-refractivity contribution in [2.45, 2.75) is 20.8 Å². The van der Waals surface area contributed by atoms with Crippen molar-refractivity contribution in [1.82, 2.24) is 0 Å². The van der Waals surface area contributed by atoms with E-state index in [2.05, 4.69) is 0 Å². The molecule has 0 amide bonds. The number of aromatic carboxylic acids is 1. The van der Waals surface area contributed by atoms with Gasteiger partial charge in [-0.2, -0.15) is 0 Å². The Balaban J connectivity index is -0.000000485. The number of carbonyl (C=O) groups is 4. The number of rotatable bonds is 10. The van der Waals surface area contributed by atoms with Crippen LogP contribution in [-0.4, -0.2) is 59.6 Å². The Morgan fingerprint density at radius 3 is 0.952 bits per heavy atom. The molecule has 0 heterocycles. The zero-order valence-electron chi connectivity index (χ0n) is 23.3. The van der Waals surface area contributed by atoms with Crippen LogP contribution in [0.3, 0.4) is 0 Å². The van der Waals surface area contributed by atoms with Gasteiger partial charge in [-0.25, -0.2) is 19.2 Å². The molecule has 0 radical (unpaired) electrons. The summed E-state index contributed by atoms with van der Waals surface area (Å²) in [5, 5.41) is 59.3. The molecule has 0 spiro atoms. The van der Waals surface area contributed by atoms with E-state index in [9.17, 15) is 19.2 Å². The van der Waals surface area contributed by atoms with Crippen LogP contribution in [0.2, 0.25) is 0 Å². The van der Waals surface area contributed by atoms with Crippen LogP contribution in [0.15, 0.2) is 122 Å². The summed E-state index contributed by atoms with van der Waals surface area (Å²) in [7, 11) is 0. The van der Waals surface area contributed by atoms with E-state index in [1.807, 2.05) is 57.2 Å². The van der Waals surface area contributed by atoms with E-state index in [0.717, 1.165) is 30.4 Å². The number of phenolic OH excluding ortho intramolecular Hbond substituents is 3. The average molecular weight is 585 g/mol. The molecule has 0 fully saturated rings. The number of aliphatic carboxylic acids is 3. The Morgan fingerprint density at radius 2 is 0.738 bits per heavy atom. The quantitative estimate of drug-likeness (QED) is 0.0995. The number of aromatic hydroxyl groups is 3. The molecule has 0 bridgehead atoms. The molecule has 1 rings (SSSR count). The van der Waals surface area contributed by atoms with E-state index >= 15 is 0 Å². The minimum Gasteiger partial charge on any atom is -0.504 e. The fraction of sp³-hybridized carbons (Fsp3) is 0.0968. The maximum absolute atomic E-state index is 10.3. The molecule has 42 heavy (non-hydrogen) atoms. The van der Waals surface area contributed by atoms with Crippen molar-refractivity contribution in [1.29, 1.82) is 0 Å². The Hall–Kier alpha value is -5.84. The zero-order chi connectivity index (χ0) is 32.8. The van der Waals surface area contributed by atoms with Crippen LogP contribution >= 0.6 is 0 Å². The van der Waals surface area contributed by atoms with Gasteiger partial charge in [0, 0.05) is 18.2 Å². The second-order valence-electron chi connectivity index (χ2n) is 6.99. The average Bonchev–Trinajstić information content (AvgIpc) is 2.91. The molecule has 226 valence electrons. The first kappa shape index (κ1) is 40.7. The van der Waals surface area contributed by atoms with Gasteiger partial charge in [0.1, 0.15) is 0 Å². The molecule has 1 aromatic rings. The molecule has 0 aromatic heterocycles. The topological polar surface area (TPSA) is 210 Å². The number of carboxylic acids is 4. The highest BCUT2D eigenvalue weighted by molar-refractivity contribution is 5.89. The molecule has 0 unspecified atom stereocenters. The third kappa shape index (κ3) is 30.4. The lowest BCUT2D eigenvalue weighted by Crippen LogP contribution is -1.95. The van der Waals surface area contributed by atoms with Gasteiger partial charge in [0.15, 0.2) is 17.2 Å².